The number of carbonyl (C=O) groups is 2. The first kappa shape index (κ1) is 21.6. The monoisotopic (exact) mass is 442 g/mol. The van der Waals surface area contributed by atoms with Crippen molar-refractivity contribution in [1.29, 1.82) is 0 Å². The Hall–Kier alpha value is -4.66. The van der Waals surface area contributed by atoms with Crippen LogP contribution in [0.25, 0.3) is 11.0 Å². The molecule has 4 rings (SSSR count). The molecule has 164 valence electrons. The molecule has 0 radical (unpaired) electrons. The number of nitrogens with one attached hydrogen (secondary N) is 2. The fourth-order valence-electron chi connectivity index (χ4n) is 3.15. The van der Waals surface area contributed by atoms with E-state index in [0.717, 1.165) is 28.2 Å². The molecular formula is C23H20N7O3+. The molecule has 1 heterocycles. The molecule has 0 unspecified atom stereocenters. The fourth-order valence-corrected chi connectivity index (χ4v) is 3.15. The lowest BCUT2D eigenvalue weighted by Gasteiger charge is -2.01. The third kappa shape index (κ3) is 5.16. The SMILES string of the molecule is COc1ccc(Cc2nc3ccc(N=[N+]=NC(=O)c4ccc(C(=O)NN)cc4)cc3[nH]2)cc1. The number of aromatic nitrogens is 2. The van der Waals surface area contributed by atoms with Gasteiger partial charge in [-0.25, -0.2) is 10.8 Å². The maximum absolute atomic E-state index is 12.1. The van der Waals surface area contributed by atoms with E-state index < -0.39 is 11.8 Å². The molecule has 0 saturated carbocycles. The molecule has 1 aromatic heterocycles. The Labute approximate surface area is 188 Å². The van der Waals surface area contributed by atoms with Crippen LogP contribution in [0.3, 0.4) is 0 Å². The number of benzene rings is 3. The second kappa shape index (κ2) is 9.65. The molecule has 2 amide bonds. The molecule has 0 aliphatic heterocycles. The molecule has 10 nitrogen and oxygen atoms in total. The van der Waals surface area contributed by atoms with Crippen molar-refractivity contribution in [2.24, 2.45) is 16.1 Å². The summed E-state index contributed by atoms with van der Waals surface area (Å²) in [5, 5.41) is 7.59. The van der Waals surface area contributed by atoms with Gasteiger partial charge in [-0.3, -0.25) is 15.0 Å². The first-order valence-electron chi connectivity index (χ1n) is 9.94. The zero-order valence-electron chi connectivity index (χ0n) is 17.6. The highest BCUT2D eigenvalue weighted by molar-refractivity contribution is 5.97. The smallest absolute Gasteiger partial charge is 0.360 e. The molecule has 0 fully saturated rings. The Bertz CT molecular complexity index is 1370. The number of hydrogen-bond acceptors (Lipinski definition) is 6. The Morgan fingerprint density at radius 1 is 1.06 bits per heavy atom. The number of carbonyl (C=O) groups excluding carboxylic acids is 2. The maximum Gasteiger partial charge on any atom is 0.360 e. The minimum absolute atomic E-state index is 0.273. The van der Waals surface area contributed by atoms with E-state index in [1.165, 1.54) is 24.3 Å². The molecule has 0 atom stereocenters. The van der Waals surface area contributed by atoms with Crippen LogP contribution in [0.15, 0.2) is 77.0 Å². The highest BCUT2D eigenvalue weighted by atomic mass is 16.5. The molecule has 0 aliphatic rings. The van der Waals surface area contributed by atoms with Gasteiger partial charge in [-0.2, -0.15) is 0 Å². The number of hydrogen-bond donors (Lipinski definition) is 3. The Morgan fingerprint density at radius 2 is 1.79 bits per heavy atom. The zero-order chi connectivity index (χ0) is 23.2. The number of imidazole rings is 1. The summed E-state index contributed by atoms with van der Waals surface area (Å²) in [4.78, 5) is 35.1. The summed E-state index contributed by atoms with van der Waals surface area (Å²) < 4.78 is 5.18. The van der Waals surface area contributed by atoms with Gasteiger partial charge in [0.05, 0.1) is 18.1 Å². The van der Waals surface area contributed by atoms with Crippen molar-refractivity contribution >= 4 is 28.5 Å². The van der Waals surface area contributed by atoms with Crippen LogP contribution < -0.4 is 20.9 Å². The second-order valence-corrected chi connectivity index (χ2v) is 7.06. The number of nitrogens with two attached hydrogens (primary N) is 1. The molecule has 3 aromatic carbocycles. The van der Waals surface area contributed by atoms with Crippen LogP contribution in [0.4, 0.5) is 5.69 Å². The number of nitrogens with zero attached hydrogens (tertiary/aromatic N) is 4. The number of hydrazine groups is 1. The van der Waals surface area contributed by atoms with Gasteiger partial charge in [0.1, 0.15) is 11.6 Å². The van der Waals surface area contributed by atoms with Crippen LogP contribution in [-0.2, 0) is 6.42 Å². The van der Waals surface area contributed by atoms with Gasteiger partial charge in [-0.1, -0.05) is 12.1 Å². The lowest BCUT2D eigenvalue weighted by molar-refractivity contribution is 0.0950. The van der Waals surface area contributed by atoms with E-state index in [9.17, 15) is 9.59 Å². The number of fused-ring (bicyclic) bond motifs is 1. The maximum atomic E-state index is 12.1. The topological polar surface area (TPSA) is 149 Å². The molecule has 0 spiro atoms. The van der Waals surface area contributed by atoms with Crippen molar-refractivity contribution in [2.75, 3.05) is 7.11 Å². The standard InChI is InChI=1S/C23H19N7O3/c1-33-18-9-2-14(3-10-18)12-21-25-19-11-8-17(13-20(19)26-21)28-30-29-23(32)16-6-4-15(5-7-16)22(31)27-24/h2-11,13H,12H2,1H3,(H3,24,25,26,27,28,29,30,31,32)/p+1. The first-order valence-corrected chi connectivity index (χ1v) is 9.94. The lowest BCUT2D eigenvalue weighted by Crippen LogP contribution is -2.29. The van der Waals surface area contributed by atoms with E-state index in [2.05, 4.69) is 25.1 Å². The van der Waals surface area contributed by atoms with Crippen molar-refractivity contribution in [2.45, 2.75) is 6.42 Å². The average molecular weight is 442 g/mol. The van der Waals surface area contributed by atoms with Crippen LogP contribution in [0.5, 0.6) is 5.75 Å². The Balaban J connectivity index is 1.46. The summed E-state index contributed by atoms with van der Waals surface area (Å²) in [6, 6.07) is 19.0. The Kier molecular flexibility index (Phi) is 6.31. The number of aromatic amines is 1. The first-order chi connectivity index (χ1) is 16.1. The van der Waals surface area contributed by atoms with Crippen LogP contribution in [0.2, 0.25) is 0 Å². The van der Waals surface area contributed by atoms with Crippen LogP contribution in [0, 0.1) is 0 Å². The predicted octanol–water partition coefficient (Wildman–Crippen LogP) is 3.21. The molecule has 4 aromatic rings. The van der Waals surface area contributed by atoms with Gasteiger partial charge in [0, 0.05) is 17.5 Å². The van der Waals surface area contributed by atoms with Crippen LogP contribution in [0.1, 0.15) is 32.1 Å². The summed E-state index contributed by atoms with van der Waals surface area (Å²) >= 11 is 0. The highest BCUT2D eigenvalue weighted by Gasteiger charge is 2.12. The highest BCUT2D eigenvalue weighted by Crippen LogP contribution is 2.21. The summed E-state index contributed by atoms with van der Waals surface area (Å²) in [5.41, 5.74) is 5.84. The number of amides is 2. The molecule has 0 saturated heterocycles. The summed E-state index contributed by atoms with van der Waals surface area (Å²) in [6.45, 7) is 0. The van der Waals surface area contributed by atoms with Crippen molar-refractivity contribution in [3.63, 3.8) is 0 Å². The minimum Gasteiger partial charge on any atom is -0.497 e. The van der Waals surface area contributed by atoms with Gasteiger partial charge >= 0.3 is 5.91 Å². The van der Waals surface area contributed by atoms with Crippen LogP contribution >= 0.6 is 0 Å². The van der Waals surface area contributed by atoms with E-state index in [4.69, 9.17) is 10.6 Å². The van der Waals surface area contributed by atoms with Gasteiger partial charge in [0.2, 0.25) is 10.0 Å². The van der Waals surface area contributed by atoms with Crippen LogP contribution in [-0.4, -0.2) is 28.9 Å². The van der Waals surface area contributed by atoms with E-state index in [-0.39, 0.29) is 5.56 Å². The quantitative estimate of drug-likeness (QED) is 0.138. The summed E-state index contributed by atoms with van der Waals surface area (Å²) in [6.07, 6.45) is 0.644. The van der Waals surface area contributed by atoms with Gasteiger partial charge in [-0.15, -0.1) is 0 Å². The minimum atomic E-state index is -0.581. The number of methoxy groups -OCH3 is 1. The Morgan fingerprint density at radius 3 is 2.48 bits per heavy atom. The molecule has 0 bridgehead atoms. The molecule has 10 heteroatoms. The van der Waals surface area contributed by atoms with Gasteiger partial charge in [0.15, 0.2) is 10.8 Å². The predicted molar refractivity (Wildman–Crippen MR) is 121 cm³/mol. The molecule has 0 aliphatic carbocycles. The molecule has 33 heavy (non-hydrogen) atoms. The third-order valence-corrected chi connectivity index (χ3v) is 4.87. The molecule has 4 N–H and O–H groups in total. The van der Waals surface area contributed by atoms with Gasteiger partial charge in [-0.05, 0) is 60.2 Å². The third-order valence-electron chi connectivity index (χ3n) is 4.87. The average Bonchev–Trinajstić information content (AvgIpc) is 3.25. The van der Waals surface area contributed by atoms with Crippen molar-refractivity contribution < 1.29 is 14.3 Å². The fraction of sp³-hybridized carbons (Fsp3) is 0.0870. The lowest BCUT2D eigenvalue weighted by atomic mass is 10.1. The number of H-pyrrole nitrogens is 1. The van der Waals surface area contributed by atoms with Crippen molar-refractivity contribution in [1.82, 2.24) is 20.3 Å². The summed E-state index contributed by atoms with van der Waals surface area (Å²) in [5.74, 6) is 5.67. The second-order valence-electron chi connectivity index (χ2n) is 7.06. The van der Waals surface area contributed by atoms with E-state index in [1.54, 1.807) is 19.2 Å². The number of rotatable bonds is 6. The number of nitrogen functional groups attached to an aromatic ring is 1. The van der Waals surface area contributed by atoms with E-state index in [0.29, 0.717) is 17.7 Å². The zero-order valence-corrected chi connectivity index (χ0v) is 17.6. The molecular weight excluding hydrogens is 422 g/mol. The normalized spacial score (nSPS) is 10.4. The van der Waals surface area contributed by atoms with Gasteiger partial charge < -0.3 is 9.72 Å². The largest absolute Gasteiger partial charge is 0.497 e. The van der Waals surface area contributed by atoms with E-state index in [1.807, 2.05) is 35.8 Å². The van der Waals surface area contributed by atoms with Crippen molar-refractivity contribution in [3.8, 4) is 5.75 Å². The van der Waals surface area contributed by atoms with Crippen molar-refractivity contribution in [3.05, 3.63) is 89.2 Å². The number of ether oxygens (including phenoxy) is 1. The van der Waals surface area contributed by atoms with Gasteiger partial charge in [0.25, 0.3) is 5.91 Å². The van der Waals surface area contributed by atoms with E-state index >= 15 is 0 Å². The summed E-state index contributed by atoms with van der Waals surface area (Å²) in [7, 11) is 1.63.